The molecule has 0 aromatic carbocycles. The quantitative estimate of drug-likeness (QED) is 0.796. The van der Waals surface area contributed by atoms with Crippen LogP contribution in [0.5, 0.6) is 0 Å². The van der Waals surface area contributed by atoms with Crippen molar-refractivity contribution in [2.75, 3.05) is 18.9 Å². The van der Waals surface area contributed by atoms with Crippen LogP contribution in [0.2, 0.25) is 0 Å². The van der Waals surface area contributed by atoms with Crippen LogP contribution in [-0.4, -0.2) is 18.6 Å². The largest absolute Gasteiger partial charge is 0.370 e. The second-order valence-electron chi connectivity index (χ2n) is 5.72. The fourth-order valence-electron chi connectivity index (χ4n) is 2.42. The highest BCUT2D eigenvalue weighted by Crippen LogP contribution is 2.22. The Balaban J connectivity index is 2.76. The van der Waals surface area contributed by atoms with Gasteiger partial charge in [-0.15, -0.1) is 0 Å². The molecule has 0 aliphatic heterocycles. The first-order valence-corrected chi connectivity index (χ1v) is 6.98. The molecule has 0 aliphatic rings. The summed E-state index contributed by atoms with van der Waals surface area (Å²) in [4.78, 5) is 4.16. The number of nitrogens with zero attached hydrogens (tertiary/aromatic N) is 1. The number of aromatic nitrogens is 1. The van der Waals surface area contributed by atoms with Crippen molar-refractivity contribution in [3.05, 3.63) is 23.6 Å². The van der Waals surface area contributed by atoms with Crippen molar-refractivity contribution >= 4 is 5.82 Å². The molecule has 3 nitrogen and oxygen atoms in total. The molecule has 4 heteroatoms. The van der Waals surface area contributed by atoms with Crippen LogP contribution in [0, 0.1) is 23.6 Å². The Labute approximate surface area is 116 Å². The first-order chi connectivity index (χ1) is 8.95. The molecule has 0 fully saturated rings. The summed E-state index contributed by atoms with van der Waals surface area (Å²) in [5, 5.41) is 6.41. The SMILES string of the molecule is CNCc1cc(F)cnc1NCC(C(C)C)C(C)C. The zero-order chi connectivity index (χ0) is 14.4. The molecule has 1 heterocycles. The molecule has 0 atom stereocenters. The van der Waals surface area contributed by atoms with Crippen molar-refractivity contribution in [1.82, 2.24) is 10.3 Å². The van der Waals surface area contributed by atoms with E-state index >= 15 is 0 Å². The molecule has 0 aliphatic carbocycles. The predicted octanol–water partition coefficient (Wildman–Crippen LogP) is 3.28. The first-order valence-electron chi connectivity index (χ1n) is 6.98. The summed E-state index contributed by atoms with van der Waals surface area (Å²) >= 11 is 0. The Bertz CT molecular complexity index is 383. The van der Waals surface area contributed by atoms with Gasteiger partial charge in [0.1, 0.15) is 11.6 Å². The fraction of sp³-hybridized carbons (Fsp3) is 0.667. The summed E-state index contributed by atoms with van der Waals surface area (Å²) < 4.78 is 13.2. The van der Waals surface area contributed by atoms with E-state index in [9.17, 15) is 4.39 Å². The van der Waals surface area contributed by atoms with Gasteiger partial charge in [-0.1, -0.05) is 27.7 Å². The minimum Gasteiger partial charge on any atom is -0.370 e. The Morgan fingerprint density at radius 2 is 1.84 bits per heavy atom. The molecule has 0 bridgehead atoms. The number of anilines is 1. The lowest BCUT2D eigenvalue weighted by atomic mass is 9.85. The lowest BCUT2D eigenvalue weighted by molar-refractivity contribution is 0.304. The fourth-order valence-corrected chi connectivity index (χ4v) is 2.42. The van der Waals surface area contributed by atoms with Gasteiger partial charge < -0.3 is 10.6 Å². The monoisotopic (exact) mass is 267 g/mol. The number of rotatable bonds is 7. The Morgan fingerprint density at radius 1 is 1.21 bits per heavy atom. The molecule has 0 radical (unpaired) electrons. The van der Waals surface area contributed by atoms with Gasteiger partial charge in [-0.25, -0.2) is 9.37 Å². The van der Waals surface area contributed by atoms with Crippen molar-refractivity contribution < 1.29 is 4.39 Å². The number of halogens is 1. The summed E-state index contributed by atoms with van der Waals surface area (Å²) in [5.74, 6) is 2.29. The minimum atomic E-state index is -0.292. The first kappa shape index (κ1) is 15.9. The van der Waals surface area contributed by atoms with E-state index in [-0.39, 0.29) is 5.82 Å². The maximum atomic E-state index is 13.2. The molecule has 108 valence electrons. The second-order valence-corrected chi connectivity index (χ2v) is 5.72. The minimum absolute atomic E-state index is 0.292. The summed E-state index contributed by atoms with van der Waals surface area (Å²) in [6.45, 7) is 10.4. The van der Waals surface area contributed by atoms with Gasteiger partial charge in [0.25, 0.3) is 0 Å². The highest BCUT2D eigenvalue weighted by Gasteiger charge is 2.18. The third-order valence-electron chi connectivity index (χ3n) is 3.52. The van der Waals surface area contributed by atoms with Gasteiger partial charge in [0.05, 0.1) is 6.20 Å². The molecule has 0 unspecified atom stereocenters. The molecule has 2 N–H and O–H groups in total. The van der Waals surface area contributed by atoms with E-state index in [1.54, 1.807) is 0 Å². The molecule has 0 amide bonds. The number of hydrogen-bond acceptors (Lipinski definition) is 3. The van der Waals surface area contributed by atoms with E-state index in [0.717, 1.165) is 17.9 Å². The molecule has 0 saturated heterocycles. The van der Waals surface area contributed by atoms with Crippen molar-refractivity contribution in [1.29, 1.82) is 0 Å². The number of pyridine rings is 1. The van der Waals surface area contributed by atoms with Gasteiger partial charge >= 0.3 is 0 Å². The zero-order valence-electron chi connectivity index (χ0n) is 12.6. The van der Waals surface area contributed by atoms with Gasteiger partial charge in [0, 0.05) is 18.7 Å². The Kier molecular flexibility index (Phi) is 6.22. The van der Waals surface area contributed by atoms with Crippen LogP contribution >= 0.6 is 0 Å². The molecule has 1 rings (SSSR count). The van der Waals surface area contributed by atoms with Crippen LogP contribution in [0.25, 0.3) is 0 Å². The molecular weight excluding hydrogens is 241 g/mol. The standard InChI is InChI=1S/C15H26FN3/c1-10(2)14(11(3)4)9-19-15-12(7-17-5)6-13(16)8-18-15/h6,8,10-11,14,17H,7,9H2,1-5H3,(H,18,19). The zero-order valence-corrected chi connectivity index (χ0v) is 12.6. The van der Waals surface area contributed by atoms with Crippen LogP contribution in [0.4, 0.5) is 10.2 Å². The predicted molar refractivity (Wildman–Crippen MR) is 78.6 cm³/mol. The highest BCUT2D eigenvalue weighted by atomic mass is 19.1. The highest BCUT2D eigenvalue weighted by molar-refractivity contribution is 5.44. The Morgan fingerprint density at radius 3 is 2.37 bits per heavy atom. The second kappa shape index (κ2) is 7.43. The molecule has 1 aromatic rings. The van der Waals surface area contributed by atoms with E-state index in [1.807, 2.05) is 7.05 Å². The van der Waals surface area contributed by atoms with E-state index < -0.39 is 0 Å². The van der Waals surface area contributed by atoms with E-state index in [2.05, 4.69) is 43.3 Å². The van der Waals surface area contributed by atoms with E-state index in [4.69, 9.17) is 0 Å². The van der Waals surface area contributed by atoms with Gasteiger partial charge in [-0.3, -0.25) is 0 Å². The number of nitrogens with one attached hydrogen (secondary N) is 2. The normalized spacial score (nSPS) is 11.6. The van der Waals surface area contributed by atoms with E-state index in [0.29, 0.717) is 24.3 Å². The van der Waals surface area contributed by atoms with Crippen LogP contribution < -0.4 is 10.6 Å². The van der Waals surface area contributed by atoms with Gasteiger partial charge in [0.2, 0.25) is 0 Å². The topological polar surface area (TPSA) is 37.0 Å². The van der Waals surface area contributed by atoms with Gasteiger partial charge in [0.15, 0.2) is 0 Å². The third-order valence-corrected chi connectivity index (χ3v) is 3.52. The summed E-state index contributed by atoms with van der Waals surface area (Å²) in [6.07, 6.45) is 1.27. The molecule has 0 saturated carbocycles. The smallest absolute Gasteiger partial charge is 0.141 e. The van der Waals surface area contributed by atoms with Gasteiger partial charge in [-0.05, 0) is 30.9 Å². The number of hydrogen-bond donors (Lipinski definition) is 2. The van der Waals surface area contributed by atoms with E-state index in [1.165, 1.54) is 12.3 Å². The van der Waals surface area contributed by atoms with Crippen LogP contribution in [-0.2, 0) is 6.54 Å². The Hall–Kier alpha value is -1.16. The molecule has 0 spiro atoms. The van der Waals surface area contributed by atoms with Crippen LogP contribution in [0.3, 0.4) is 0 Å². The average Bonchev–Trinajstić information content (AvgIpc) is 2.31. The summed E-state index contributed by atoms with van der Waals surface area (Å²) in [5.41, 5.74) is 0.869. The maximum absolute atomic E-state index is 13.2. The molecule has 1 aromatic heterocycles. The van der Waals surface area contributed by atoms with Gasteiger partial charge in [-0.2, -0.15) is 0 Å². The third kappa shape index (κ3) is 4.78. The van der Waals surface area contributed by atoms with Crippen LogP contribution in [0.1, 0.15) is 33.3 Å². The lowest BCUT2D eigenvalue weighted by Crippen LogP contribution is -2.25. The van der Waals surface area contributed by atoms with Crippen LogP contribution in [0.15, 0.2) is 12.3 Å². The van der Waals surface area contributed by atoms with Crippen molar-refractivity contribution in [3.8, 4) is 0 Å². The summed E-state index contributed by atoms with van der Waals surface area (Å²) in [7, 11) is 1.85. The van der Waals surface area contributed by atoms with Crippen molar-refractivity contribution in [2.24, 2.45) is 17.8 Å². The summed E-state index contributed by atoms with van der Waals surface area (Å²) in [6, 6.07) is 1.53. The van der Waals surface area contributed by atoms with Crippen molar-refractivity contribution in [3.63, 3.8) is 0 Å². The van der Waals surface area contributed by atoms with Crippen molar-refractivity contribution in [2.45, 2.75) is 34.2 Å². The average molecular weight is 267 g/mol. The maximum Gasteiger partial charge on any atom is 0.141 e. The lowest BCUT2D eigenvalue weighted by Gasteiger charge is -2.25. The molecule has 19 heavy (non-hydrogen) atoms. The molecular formula is C15H26FN3.